The normalized spacial score (nSPS) is 20.4. The Morgan fingerprint density at radius 2 is 1.76 bits per heavy atom. The number of hydrogen-bond acceptors (Lipinski definition) is 3. The lowest BCUT2D eigenvalue weighted by atomic mass is 10.0. The summed E-state index contributed by atoms with van der Waals surface area (Å²) >= 11 is 0. The highest BCUT2D eigenvalue weighted by molar-refractivity contribution is 5.78. The molecule has 0 spiro atoms. The van der Waals surface area contributed by atoms with Gasteiger partial charge in [-0.3, -0.25) is 9.69 Å². The Kier molecular flexibility index (Phi) is 4.95. The van der Waals surface area contributed by atoms with Gasteiger partial charge in [-0.05, 0) is 33.7 Å². The number of nitrogens with two attached hydrogens (primary N) is 1. The van der Waals surface area contributed by atoms with Crippen molar-refractivity contribution in [1.82, 2.24) is 9.80 Å². The molecule has 1 amide bonds. The predicted molar refractivity (Wildman–Crippen MR) is 70.7 cm³/mol. The van der Waals surface area contributed by atoms with Gasteiger partial charge in [-0.15, -0.1) is 0 Å². The van der Waals surface area contributed by atoms with Gasteiger partial charge < -0.3 is 10.6 Å². The largest absolute Gasteiger partial charge is 0.340 e. The second kappa shape index (κ2) is 5.83. The van der Waals surface area contributed by atoms with Gasteiger partial charge in [0.2, 0.25) is 5.91 Å². The summed E-state index contributed by atoms with van der Waals surface area (Å²) in [5, 5.41) is 0. The first-order valence-electron chi connectivity index (χ1n) is 6.60. The van der Waals surface area contributed by atoms with Crippen molar-refractivity contribution >= 4 is 5.91 Å². The Morgan fingerprint density at radius 3 is 2.18 bits per heavy atom. The number of carbonyl (C=O) groups is 1. The average Bonchev–Trinajstić information content (AvgIpc) is 2.27. The van der Waals surface area contributed by atoms with Crippen LogP contribution in [0.15, 0.2) is 0 Å². The molecule has 1 fully saturated rings. The second-order valence-electron chi connectivity index (χ2n) is 5.96. The van der Waals surface area contributed by atoms with E-state index in [1.165, 1.54) is 0 Å². The summed E-state index contributed by atoms with van der Waals surface area (Å²) in [5.41, 5.74) is 5.70. The van der Waals surface area contributed by atoms with Gasteiger partial charge in [-0.2, -0.15) is 0 Å². The maximum Gasteiger partial charge on any atom is 0.225 e. The molecule has 4 heteroatoms. The smallest absolute Gasteiger partial charge is 0.225 e. The van der Waals surface area contributed by atoms with Crippen LogP contribution in [0.3, 0.4) is 0 Å². The third-order valence-corrected chi connectivity index (χ3v) is 3.56. The van der Waals surface area contributed by atoms with Gasteiger partial charge in [0, 0.05) is 37.6 Å². The van der Waals surface area contributed by atoms with Crippen molar-refractivity contribution in [2.24, 2.45) is 11.7 Å². The van der Waals surface area contributed by atoms with Crippen LogP contribution in [0.2, 0.25) is 0 Å². The molecular formula is C13H27N3O. The molecule has 1 saturated heterocycles. The Labute approximate surface area is 105 Å². The van der Waals surface area contributed by atoms with Gasteiger partial charge in [-0.1, -0.05) is 6.92 Å². The number of nitrogens with zero attached hydrogens (tertiary/aromatic N) is 2. The minimum atomic E-state index is 0.0705. The van der Waals surface area contributed by atoms with Crippen LogP contribution in [0.25, 0.3) is 0 Å². The summed E-state index contributed by atoms with van der Waals surface area (Å²) in [6.07, 6.45) is 0.790. The SMILES string of the molecule is CC(CCN)C(=O)N1CCN(C(C)(C)C)CC1. The number of rotatable bonds is 3. The van der Waals surface area contributed by atoms with E-state index in [0.29, 0.717) is 6.54 Å². The zero-order valence-electron chi connectivity index (χ0n) is 11.7. The molecule has 2 N–H and O–H groups in total. The molecule has 0 aromatic carbocycles. The standard InChI is InChI=1S/C13H27N3O/c1-11(5-6-14)12(17)15-7-9-16(10-8-15)13(2,3)4/h11H,5-10,14H2,1-4H3. The molecule has 0 saturated carbocycles. The van der Waals surface area contributed by atoms with Crippen molar-refractivity contribution in [2.75, 3.05) is 32.7 Å². The number of hydrogen-bond donors (Lipinski definition) is 1. The molecule has 0 aromatic heterocycles. The van der Waals surface area contributed by atoms with Gasteiger partial charge in [0.25, 0.3) is 0 Å². The highest BCUT2D eigenvalue weighted by Gasteiger charge is 2.29. The molecule has 0 aliphatic carbocycles. The number of amides is 1. The van der Waals surface area contributed by atoms with Crippen LogP contribution in [-0.4, -0.2) is 54.0 Å². The lowest BCUT2D eigenvalue weighted by molar-refractivity contribution is -0.137. The zero-order valence-corrected chi connectivity index (χ0v) is 11.7. The van der Waals surface area contributed by atoms with Crippen molar-refractivity contribution in [3.8, 4) is 0 Å². The fourth-order valence-electron chi connectivity index (χ4n) is 2.28. The quantitative estimate of drug-likeness (QED) is 0.799. The minimum absolute atomic E-state index is 0.0705. The Morgan fingerprint density at radius 1 is 1.24 bits per heavy atom. The van der Waals surface area contributed by atoms with Crippen LogP contribution in [0, 0.1) is 5.92 Å². The minimum Gasteiger partial charge on any atom is -0.340 e. The molecule has 1 aliphatic rings. The predicted octanol–water partition coefficient (Wildman–Crippen LogP) is 0.914. The van der Waals surface area contributed by atoms with Crippen molar-refractivity contribution in [2.45, 2.75) is 39.7 Å². The van der Waals surface area contributed by atoms with E-state index in [-0.39, 0.29) is 17.4 Å². The van der Waals surface area contributed by atoms with E-state index in [1.807, 2.05) is 11.8 Å². The van der Waals surface area contributed by atoms with Crippen molar-refractivity contribution in [3.05, 3.63) is 0 Å². The van der Waals surface area contributed by atoms with E-state index in [1.54, 1.807) is 0 Å². The van der Waals surface area contributed by atoms with Crippen LogP contribution < -0.4 is 5.73 Å². The van der Waals surface area contributed by atoms with E-state index in [4.69, 9.17) is 5.73 Å². The molecule has 1 aliphatic heterocycles. The van der Waals surface area contributed by atoms with Crippen molar-refractivity contribution < 1.29 is 4.79 Å². The molecule has 1 atom stereocenters. The number of piperazine rings is 1. The average molecular weight is 241 g/mol. The van der Waals surface area contributed by atoms with E-state index in [0.717, 1.165) is 32.6 Å². The molecule has 100 valence electrons. The Hall–Kier alpha value is -0.610. The van der Waals surface area contributed by atoms with Crippen molar-refractivity contribution in [1.29, 1.82) is 0 Å². The molecule has 17 heavy (non-hydrogen) atoms. The number of carbonyl (C=O) groups excluding carboxylic acids is 1. The van der Waals surface area contributed by atoms with Gasteiger partial charge in [0.05, 0.1) is 0 Å². The maximum absolute atomic E-state index is 12.1. The second-order valence-corrected chi connectivity index (χ2v) is 5.96. The molecule has 0 radical (unpaired) electrons. The molecule has 1 heterocycles. The summed E-state index contributed by atoms with van der Waals surface area (Å²) in [5.74, 6) is 0.338. The lowest BCUT2D eigenvalue weighted by Crippen LogP contribution is -2.55. The van der Waals surface area contributed by atoms with Gasteiger partial charge >= 0.3 is 0 Å². The van der Waals surface area contributed by atoms with Gasteiger partial charge in [0.15, 0.2) is 0 Å². The maximum atomic E-state index is 12.1. The third-order valence-electron chi connectivity index (χ3n) is 3.56. The topological polar surface area (TPSA) is 49.6 Å². The fraction of sp³-hybridized carbons (Fsp3) is 0.923. The summed E-state index contributed by atoms with van der Waals surface area (Å²) < 4.78 is 0. The monoisotopic (exact) mass is 241 g/mol. The van der Waals surface area contributed by atoms with E-state index >= 15 is 0 Å². The van der Waals surface area contributed by atoms with Crippen LogP contribution >= 0.6 is 0 Å². The molecular weight excluding hydrogens is 214 g/mol. The summed E-state index contributed by atoms with van der Waals surface area (Å²) in [7, 11) is 0. The Balaban J connectivity index is 2.44. The van der Waals surface area contributed by atoms with E-state index in [9.17, 15) is 4.79 Å². The zero-order chi connectivity index (χ0) is 13.1. The van der Waals surface area contributed by atoms with Crippen LogP contribution in [0.4, 0.5) is 0 Å². The first kappa shape index (κ1) is 14.5. The summed E-state index contributed by atoms with van der Waals surface area (Å²) in [6.45, 7) is 12.9. The van der Waals surface area contributed by atoms with Gasteiger partial charge in [0.1, 0.15) is 0 Å². The third kappa shape index (κ3) is 3.96. The molecule has 1 unspecified atom stereocenters. The first-order valence-corrected chi connectivity index (χ1v) is 6.60. The fourth-order valence-corrected chi connectivity index (χ4v) is 2.28. The van der Waals surface area contributed by atoms with E-state index < -0.39 is 0 Å². The summed E-state index contributed by atoms with van der Waals surface area (Å²) in [6, 6.07) is 0. The summed E-state index contributed by atoms with van der Waals surface area (Å²) in [4.78, 5) is 16.5. The molecule has 4 nitrogen and oxygen atoms in total. The highest BCUT2D eigenvalue weighted by atomic mass is 16.2. The Bertz CT molecular complexity index is 252. The molecule has 0 aromatic rings. The highest BCUT2D eigenvalue weighted by Crippen LogP contribution is 2.17. The lowest BCUT2D eigenvalue weighted by Gasteiger charge is -2.42. The first-order chi connectivity index (χ1) is 7.86. The van der Waals surface area contributed by atoms with Crippen LogP contribution in [-0.2, 0) is 4.79 Å². The van der Waals surface area contributed by atoms with Gasteiger partial charge in [-0.25, -0.2) is 0 Å². The van der Waals surface area contributed by atoms with Crippen molar-refractivity contribution in [3.63, 3.8) is 0 Å². The van der Waals surface area contributed by atoms with E-state index in [2.05, 4.69) is 25.7 Å². The van der Waals surface area contributed by atoms with Crippen LogP contribution in [0.5, 0.6) is 0 Å². The molecule has 1 rings (SSSR count). The van der Waals surface area contributed by atoms with Crippen LogP contribution in [0.1, 0.15) is 34.1 Å². The molecule has 0 bridgehead atoms.